The molecule has 0 aromatic heterocycles. The van der Waals surface area contributed by atoms with Crippen LogP contribution in [0.1, 0.15) is 35.7 Å². The number of anilines is 1. The van der Waals surface area contributed by atoms with E-state index < -0.39 is 5.97 Å². The molecule has 5 nitrogen and oxygen atoms in total. The van der Waals surface area contributed by atoms with Crippen LogP contribution in [0.3, 0.4) is 0 Å². The topological polar surface area (TPSA) is 66.8 Å². The molecule has 3 rings (SSSR count). The molecule has 0 radical (unpaired) electrons. The Hall–Kier alpha value is -1.88. The maximum Gasteiger partial charge on any atom is 0.335 e. The second-order valence-electron chi connectivity index (χ2n) is 5.60. The molecule has 2 heterocycles. The molecular weight excluding hydrogens is 270 g/mol. The minimum absolute atomic E-state index is 0.00999. The van der Waals surface area contributed by atoms with Crippen LogP contribution in [-0.2, 0) is 16.0 Å². The van der Waals surface area contributed by atoms with E-state index in [0.29, 0.717) is 13.2 Å². The Morgan fingerprint density at radius 3 is 2.95 bits per heavy atom. The van der Waals surface area contributed by atoms with Crippen LogP contribution in [0.25, 0.3) is 0 Å². The molecule has 1 aromatic rings. The van der Waals surface area contributed by atoms with E-state index in [1.54, 1.807) is 17.0 Å². The maximum absolute atomic E-state index is 12.8. The smallest absolute Gasteiger partial charge is 0.335 e. The normalized spacial score (nSPS) is 24.1. The SMILES string of the molecule is CCC1OCCC1C(=O)N1CCc2ccc(C(=O)O)cc21. The zero-order chi connectivity index (χ0) is 15.0. The van der Waals surface area contributed by atoms with Crippen molar-refractivity contribution in [2.45, 2.75) is 32.3 Å². The van der Waals surface area contributed by atoms with Crippen LogP contribution >= 0.6 is 0 Å². The number of carboxylic acid groups (broad SMARTS) is 1. The fourth-order valence-corrected chi connectivity index (χ4v) is 3.27. The summed E-state index contributed by atoms with van der Waals surface area (Å²) in [5.74, 6) is -0.997. The van der Waals surface area contributed by atoms with Crippen LogP contribution in [0, 0.1) is 5.92 Å². The maximum atomic E-state index is 12.8. The van der Waals surface area contributed by atoms with Crippen LogP contribution in [-0.4, -0.2) is 36.2 Å². The zero-order valence-corrected chi connectivity index (χ0v) is 12.0. The number of hydrogen-bond acceptors (Lipinski definition) is 3. The summed E-state index contributed by atoms with van der Waals surface area (Å²) < 4.78 is 5.60. The molecule has 0 aliphatic carbocycles. The number of rotatable bonds is 3. The van der Waals surface area contributed by atoms with Gasteiger partial charge in [0.2, 0.25) is 5.91 Å². The Bertz CT molecular complexity index is 584. The third-order valence-electron chi connectivity index (χ3n) is 4.42. The van der Waals surface area contributed by atoms with Crippen LogP contribution in [0.2, 0.25) is 0 Å². The molecule has 1 aromatic carbocycles. The molecule has 2 atom stereocenters. The monoisotopic (exact) mass is 289 g/mol. The number of carbonyl (C=O) groups is 2. The number of amides is 1. The number of carbonyl (C=O) groups excluding carboxylic acids is 1. The fourth-order valence-electron chi connectivity index (χ4n) is 3.27. The summed E-state index contributed by atoms with van der Waals surface area (Å²) in [6.07, 6.45) is 2.35. The van der Waals surface area contributed by atoms with E-state index >= 15 is 0 Å². The summed E-state index contributed by atoms with van der Waals surface area (Å²) in [5, 5.41) is 9.11. The van der Waals surface area contributed by atoms with Crippen LogP contribution in [0.5, 0.6) is 0 Å². The van der Waals surface area contributed by atoms with Gasteiger partial charge in [0.1, 0.15) is 0 Å². The highest BCUT2D eigenvalue weighted by Crippen LogP contribution is 2.33. The summed E-state index contributed by atoms with van der Waals surface area (Å²) in [7, 11) is 0. The summed E-state index contributed by atoms with van der Waals surface area (Å²) >= 11 is 0. The first-order chi connectivity index (χ1) is 10.1. The largest absolute Gasteiger partial charge is 0.478 e. The van der Waals surface area contributed by atoms with E-state index in [1.165, 1.54) is 0 Å². The Kier molecular flexibility index (Phi) is 3.68. The summed E-state index contributed by atoms with van der Waals surface area (Å²) in [6.45, 7) is 3.28. The summed E-state index contributed by atoms with van der Waals surface area (Å²) in [6, 6.07) is 5.02. The minimum atomic E-state index is -0.965. The number of ether oxygens (including phenoxy) is 1. The van der Waals surface area contributed by atoms with Gasteiger partial charge in [-0.05, 0) is 37.0 Å². The number of aromatic carboxylic acids is 1. The van der Waals surface area contributed by atoms with Crippen molar-refractivity contribution in [3.05, 3.63) is 29.3 Å². The highest BCUT2D eigenvalue weighted by molar-refractivity contribution is 5.99. The lowest BCUT2D eigenvalue weighted by Crippen LogP contribution is -2.38. The minimum Gasteiger partial charge on any atom is -0.478 e. The van der Waals surface area contributed by atoms with Gasteiger partial charge in [-0.2, -0.15) is 0 Å². The van der Waals surface area contributed by atoms with Crippen molar-refractivity contribution < 1.29 is 19.4 Å². The molecule has 1 saturated heterocycles. The standard InChI is InChI=1S/C16H19NO4/c1-2-14-12(6-8-21-14)15(18)17-7-5-10-3-4-11(16(19)20)9-13(10)17/h3-4,9,12,14H,2,5-8H2,1H3,(H,19,20). The molecule has 0 saturated carbocycles. The number of benzene rings is 1. The zero-order valence-electron chi connectivity index (χ0n) is 12.0. The second-order valence-corrected chi connectivity index (χ2v) is 5.60. The number of hydrogen-bond donors (Lipinski definition) is 1. The van der Waals surface area contributed by atoms with Gasteiger partial charge < -0.3 is 14.7 Å². The highest BCUT2D eigenvalue weighted by atomic mass is 16.5. The Morgan fingerprint density at radius 2 is 2.24 bits per heavy atom. The van der Waals surface area contributed by atoms with Gasteiger partial charge in [0.25, 0.3) is 0 Å². The van der Waals surface area contributed by atoms with Crippen molar-refractivity contribution in [1.29, 1.82) is 0 Å². The first-order valence-electron chi connectivity index (χ1n) is 7.41. The van der Waals surface area contributed by atoms with Crippen molar-refractivity contribution in [3.8, 4) is 0 Å². The average molecular weight is 289 g/mol. The van der Waals surface area contributed by atoms with Gasteiger partial charge in [-0.3, -0.25) is 4.79 Å². The van der Waals surface area contributed by atoms with Crippen molar-refractivity contribution in [2.75, 3.05) is 18.1 Å². The molecule has 1 amide bonds. The lowest BCUT2D eigenvalue weighted by molar-refractivity contribution is -0.123. The molecular formula is C16H19NO4. The Labute approximate surface area is 123 Å². The Morgan fingerprint density at radius 1 is 1.43 bits per heavy atom. The van der Waals surface area contributed by atoms with Crippen molar-refractivity contribution >= 4 is 17.6 Å². The molecule has 1 N–H and O–H groups in total. The molecule has 21 heavy (non-hydrogen) atoms. The molecule has 1 fully saturated rings. The van der Waals surface area contributed by atoms with Gasteiger partial charge in [0.15, 0.2) is 0 Å². The van der Waals surface area contributed by atoms with Gasteiger partial charge >= 0.3 is 5.97 Å². The number of fused-ring (bicyclic) bond motifs is 1. The molecule has 112 valence electrons. The van der Waals surface area contributed by atoms with Crippen LogP contribution in [0.4, 0.5) is 5.69 Å². The molecule has 2 aliphatic heterocycles. The van der Waals surface area contributed by atoms with Crippen LogP contribution < -0.4 is 4.90 Å². The first-order valence-corrected chi connectivity index (χ1v) is 7.41. The molecule has 0 spiro atoms. The second kappa shape index (κ2) is 5.48. The third kappa shape index (κ3) is 2.42. The van der Waals surface area contributed by atoms with Crippen LogP contribution in [0.15, 0.2) is 18.2 Å². The van der Waals surface area contributed by atoms with E-state index in [2.05, 4.69) is 0 Å². The summed E-state index contributed by atoms with van der Waals surface area (Å²) in [5.41, 5.74) is 2.02. The van der Waals surface area contributed by atoms with Crippen molar-refractivity contribution in [3.63, 3.8) is 0 Å². The van der Waals surface area contributed by atoms with E-state index in [0.717, 1.165) is 30.5 Å². The molecule has 2 aliphatic rings. The lowest BCUT2D eigenvalue weighted by Gasteiger charge is -2.24. The Balaban J connectivity index is 1.88. The third-order valence-corrected chi connectivity index (χ3v) is 4.42. The van der Waals surface area contributed by atoms with Gasteiger partial charge in [0, 0.05) is 18.8 Å². The lowest BCUT2D eigenvalue weighted by atomic mass is 9.98. The summed E-state index contributed by atoms with van der Waals surface area (Å²) in [4.78, 5) is 25.6. The molecule has 5 heteroatoms. The predicted molar refractivity (Wildman–Crippen MR) is 77.6 cm³/mol. The first kappa shape index (κ1) is 14.1. The van der Waals surface area contributed by atoms with Gasteiger partial charge in [0.05, 0.1) is 17.6 Å². The fraction of sp³-hybridized carbons (Fsp3) is 0.500. The van der Waals surface area contributed by atoms with E-state index in [-0.39, 0.29) is 23.5 Å². The number of carboxylic acids is 1. The van der Waals surface area contributed by atoms with E-state index in [9.17, 15) is 9.59 Å². The number of nitrogens with zero attached hydrogens (tertiary/aromatic N) is 1. The molecule has 2 unspecified atom stereocenters. The molecule has 0 bridgehead atoms. The van der Waals surface area contributed by atoms with Crippen molar-refractivity contribution in [1.82, 2.24) is 0 Å². The predicted octanol–water partition coefficient (Wildman–Crippen LogP) is 2.09. The highest BCUT2D eigenvalue weighted by Gasteiger charge is 2.38. The van der Waals surface area contributed by atoms with E-state index in [1.807, 2.05) is 13.0 Å². The van der Waals surface area contributed by atoms with Crippen molar-refractivity contribution in [2.24, 2.45) is 5.92 Å². The average Bonchev–Trinajstić information content (AvgIpc) is 3.12. The van der Waals surface area contributed by atoms with Gasteiger partial charge in [-0.25, -0.2) is 4.79 Å². The van der Waals surface area contributed by atoms with Gasteiger partial charge in [-0.15, -0.1) is 0 Å². The van der Waals surface area contributed by atoms with Gasteiger partial charge in [-0.1, -0.05) is 13.0 Å². The van der Waals surface area contributed by atoms with E-state index in [4.69, 9.17) is 9.84 Å². The quantitative estimate of drug-likeness (QED) is 0.925.